The van der Waals surface area contributed by atoms with Gasteiger partial charge in [0.05, 0.1) is 16.8 Å². The van der Waals surface area contributed by atoms with E-state index in [9.17, 15) is 13.2 Å². The molecule has 0 radical (unpaired) electrons. The van der Waals surface area contributed by atoms with Crippen LogP contribution in [-0.2, 0) is 23.0 Å². The molecule has 1 N–H and O–H groups in total. The Balaban J connectivity index is 1.78. The van der Waals surface area contributed by atoms with Gasteiger partial charge in [0.25, 0.3) is 0 Å². The largest absolute Gasteiger partial charge is 0.361 e. The lowest BCUT2D eigenvalue weighted by Crippen LogP contribution is -2.31. The molecule has 2 aromatic heterocycles. The summed E-state index contributed by atoms with van der Waals surface area (Å²) < 4.78 is 27.8. The average molecular weight is 383 g/mol. The van der Waals surface area contributed by atoms with Crippen LogP contribution in [0.2, 0.25) is 0 Å². The molecule has 0 amide bonds. The molecule has 4 rings (SSSR count). The van der Waals surface area contributed by atoms with Gasteiger partial charge in [0, 0.05) is 23.6 Å². The van der Waals surface area contributed by atoms with Crippen molar-refractivity contribution in [3.05, 3.63) is 70.8 Å². The van der Waals surface area contributed by atoms with Gasteiger partial charge in [-0.2, -0.15) is 3.97 Å². The van der Waals surface area contributed by atoms with E-state index in [1.165, 1.54) is 0 Å². The van der Waals surface area contributed by atoms with Crippen LogP contribution in [0.15, 0.2) is 59.5 Å². The number of H-pyrrole nitrogens is 1. The van der Waals surface area contributed by atoms with Crippen molar-refractivity contribution in [2.45, 2.75) is 26.3 Å². The fourth-order valence-corrected chi connectivity index (χ4v) is 5.07. The van der Waals surface area contributed by atoms with Crippen molar-refractivity contribution in [1.29, 1.82) is 0 Å². The van der Waals surface area contributed by atoms with Gasteiger partial charge in [-0.15, -0.1) is 0 Å². The van der Waals surface area contributed by atoms with Gasteiger partial charge in [-0.05, 0) is 36.6 Å². The molecule has 0 atom stereocenters. The number of benzene rings is 2. The molecule has 27 heavy (non-hydrogen) atoms. The van der Waals surface area contributed by atoms with Gasteiger partial charge in [-0.1, -0.05) is 37.3 Å². The average Bonchev–Trinajstić information content (AvgIpc) is 3.18. The maximum Gasteiger partial charge on any atom is 0.343 e. The Hall–Kier alpha value is -2.80. The van der Waals surface area contributed by atoms with Crippen LogP contribution < -0.4 is 5.69 Å². The summed E-state index contributed by atoms with van der Waals surface area (Å²) in [4.78, 5) is 16.2. The number of fused-ring (bicyclic) bond motifs is 2. The van der Waals surface area contributed by atoms with Gasteiger partial charge in [0.1, 0.15) is 0 Å². The molecular formula is C20H21N3O3S. The molecule has 0 saturated carbocycles. The second-order valence-electron chi connectivity index (χ2n) is 6.61. The van der Waals surface area contributed by atoms with Crippen LogP contribution in [0.5, 0.6) is 0 Å². The Morgan fingerprint density at radius 1 is 1.00 bits per heavy atom. The van der Waals surface area contributed by atoms with E-state index < -0.39 is 15.7 Å². The molecule has 7 heteroatoms. The first-order valence-electron chi connectivity index (χ1n) is 9.01. The van der Waals surface area contributed by atoms with Gasteiger partial charge in [0.2, 0.25) is 10.0 Å². The van der Waals surface area contributed by atoms with E-state index in [-0.39, 0.29) is 5.75 Å². The summed E-state index contributed by atoms with van der Waals surface area (Å²) >= 11 is 0. The normalized spacial score (nSPS) is 12.2. The summed E-state index contributed by atoms with van der Waals surface area (Å²) in [6.07, 6.45) is 3.04. The number of imidazole rings is 1. The number of hydrogen-bond donors (Lipinski definition) is 1. The molecule has 0 aliphatic rings. The highest BCUT2D eigenvalue weighted by Crippen LogP contribution is 2.20. The molecule has 0 spiro atoms. The zero-order valence-corrected chi connectivity index (χ0v) is 15.9. The van der Waals surface area contributed by atoms with E-state index in [2.05, 4.69) is 4.98 Å². The van der Waals surface area contributed by atoms with Gasteiger partial charge in [0.15, 0.2) is 0 Å². The third kappa shape index (κ3) is 2.98. The van der Waals surface area contributed by atoms with E-state index in [0.29, 0.717) is 30.4 Å². The minimum absolute atomic E-state index is 0.0522. The van der Waals surface area contributed by atoms with E-state index in [0.717, 1.165) is 20.4 Å². The first-order chi connectivity index (χ1) is 13.0. The first kappa shape index (κ1) is 17.6. The molecule has 0 unspecified atom stereocenters. The SMILES string of the molecule is CCCS(=O)(=O)n1c(=O)n(CCc2c[nH]c3ccccc23)c2ccccc21. The predicted molar refractivity (Wildman–Crippen MR) is 108 cm³/mol. The van der Waals surface area contributed by atoms with Crippen molar-refractivity contribution in [2.75, 3.05) is 5.75 Å². The van der Waals surface area contributed by atoms with Crippen molar-refractivity contribution < 1.29 is 8.42 Å². The summed E-state index contributed by atoms with van der Waals surface area (Å²) in [5.74, 6) is -0.0522. The standard InChI is InChI=1S/C20H21N3O3S/c1-2-13-27(25,26)23-19-10-6-5-9-18(19)22(20(23)24)12-11-15-14-21-17-8-4-3-7-16(15)17/h3-10,14,21H,2,11-13H2,1H3. The minimum Gasteiger partial charge on any atom is -0.361 e. The number of aromatic amines is 1. The summed E-state index contributed by atoms with van der Waals surface area (Å²) in [7, 11) is -3.68. The van der Waals surface area contributed by atoms with Crippen LogP contribution >= 0.6 is 0 Å². The fraction of sp³-hybridized carbons (Fsp3) is 0.250. The van der Waals surface area contributed by atoms with Crippen LogP contribution in [-0.4, -0.2) is 27.7 Å². The monoisotopic (exact) mass is 383 g/mol. The Bertz CT molecular complexity index is 1280. The molecule has 6 nitrogen and oxygen atoms in total. The predicted octanol–water partition coefficient (Wildman–Crippen LogP) is 3.11. The smallest absolute Gasteiger partial charge is 0.343 e. The van der Waals surface area contributed by atoms with Crippen molar-refractivity contribution in [3.8, 4) is 0 Å². The lowest BCUT2D eigenvalue weighted by molar-refractivity contribution is 0.582. The summed E-state index contributed by atoms with van der Waals surface area (Å²) in [5.41, 5.74) is 2.74. The molecule has 2 heterocycles. The molecule has 0 fully saturated rings. The summed E-state index contributed by atoms with van der Waals surface area (Å²) in [6.45, 7) is 2.20. The van der Waals surface area contributed by atoms with Gasteiger partial charge in [-0.25, -0.2) is 13.2 Å². The second-order valence-corrected chi connectivity index (χ2v) is 8.55. The lowest BCUT2D eigenvalue weighted by Gasteiger charge is -2.04. The number of aromatic nitrogens is 3. The van der Waals surface area contributed by atoms with Crippen LogP contribution in [0.4, 0.5) is 0 Å². The van der Waals surface area contributed by atoms with E-state index >= 15 is 0 Å². The maximum atomic E-state index is 13.0. The van der Waals surface area contributed by atoms with E-state index in [1.807, 2.05) is 36.5 Å². The highest BCUT2D eigenvalue weighted by atomic mass is 32.2. The Labute approximate surface area is 157 Å². The van der Waals surface area contributed by atoms with Crippen LogP contribution in [0, 0.1) is 0 Å². The molecule has 0 aliphatic heterocycles. The van der Waals surface area contributed by atoms with Crippen LogP contribution in [0.3, 0.4) is 0 Å². The highest BCUT2D eigenvalue weighted by molar-refractivity contribution is 7.90. The Morgan fingerprint density at radius 3 is 2.48 bits per heavy atom. The van der Waals surface area contributed by atoms with Gasteiger partial charge in [-0.3, -0.25) is 4.57 Å². The Kier molecular flexibility index (Phi) is 4.39. The minimum atomic E-state index is -3.68. The number of hydrogen-bond acceptors (Lipinski definition) is 3. The summed E-state index contributed by atoms with van der Waals surface area (Å²) in [5, 5.41) is 1.12. The zero-order valence-electron chi connectivity index (χ0n) is 15.1. The zero-order chi connectivity index (χ0) is 19.0. The third-order valence-electron chi connectivity index (χ3n) is 4.82. The number of nitrogens with one attached hydrogen (secondary N) is 1. The fourth-order valence-electron chi connectivity index (χ4n) is 3.58. The number of nitrogens with zero attached hydrogens (tertiary/aromatic N) is 2. The molecular weight excluding hydrogens is 362 g/mol. The molecule has 140 valence electrons. The quantitative estimate of drug-likeness (QED) is 0.556. The first-order valence-corrected chi connectivity index (χ1v) is 10.6. The number of aryl methyl sites for hydroxylation is 2. The molecule has 2 aromatic carbocycles. The molecule has 0 aliphatic carbocycles. The lowest BCUT2D eigenvalue weighted by atomic mass is 10.1. The van der Waals surface area contributed by atoms with E-state index in [4.69, 9.17) is 0 Å². The highest BCUT2D eigenvalue weighted by Gasteiger charge is 2.22. The van der Waals surface area contributed by atoms with E-state index in [1.54, 1.807) is 29.7 Å². The van der Waals surface area contributed by atoms with Crippen molar-refractivity contribution in [3.63, 3.8) is 0 Å². The molecule has 0 saturated heterocycles. The number of rotatable bonds is 6. The topological polar surface area (TPSA) is 76.9 Å². The van der Waals surface area contributed by atoms with Gasteiger partial charge < -0.3 is 4.98 Å². The van der Waals surface area contributed by atoms with Crippen LogP contribution in [0.1, 0.15) is 18.9 Å². The van der Waals surface area contributed by atoms with Crippen molar-refractivity contribution >= 4 is 32.0 Å². The molecule has 0 bridgehead atoms. The van der Waals surface area contributed by atoms with Crippen molar-refractivity contribution in [1.82, 2.24) is 13.5 Å². The maximum absolute atomic E-state index is 13.0. The molecule has 4 aromatic rings. The van der Waals surface area contributed by atoms with Crippen LogP contribution in [0.25, 0.3) is 21.9 Å². The number of para-hydroxylation sites is 3. The van der Waals surface area contributed by atoms with Gasteiger partial charge >= 0.3 is 5.69 Å². The Morgan fingerprint density at radius 2 is 1.70 bits per heavy atom. The summed E-state index contributed by atoms with van der Waals surface area (Å²) in [6, 6.07) is 15.1. The second kappa shape index (κ2) is 6.74. The third-order valence-corrected chi connectivity index (χ3v) is 6.65. The van der Waals surface area contributed by atoms with Crippen molar-refractivity contribution in [2.24, 2.45) is 0 Å².